The minimum Gasteiger partial charge on any atom is -0.380 e. The minimum absolute atomic E-state index is 0.0955. The molecule has 2 aliphatic heterocycles. The number of likely N-dealkylation sites (tertiary alicyclic amines) is 1. The van der Waals surface area contributed by atoms with Gasteiger partial charge in [-0.25, -0.2) is 0 Å². The van der Waals surface area contributed by atoms with Gasteiger partial charge in [0.15, 0.2) is 0 Å². The number of carbonyl (C=O) groups is 2. The molecule has 0 aliphatic carbocycles. The molecule has 0 radical (unpaired) electrons. The van der Waals surface area contributed by atoms with Gasteiger partial charge in [-0.3, -0.25) is 19.9 Å². The van der Waals surface area contributed by atoms with Gasteiger partial charge in [0.25, 0.3) is 11.8 Å². The predicted octanol–water partition coefficient (Wildman–Crippen LogP) is 1.34. The van der Waals surface area contributed by atoms with E-state index < -0.39 is 11.0 Å². The molecule has 26 heavy (non-hydrogen) atoms. The Morgan fingerprint density at radius 1 is 1.35 bits per heavy atom. The summed E-state index contributed by atoms with van der Waals surface area (Å²) in [5.74, 6) is -0.782. The van der Waals surface area contributed by atoms with Crippen LogP contribution in [0.1, 0.15) is 37.0 Å². The van der Waals surface area contributed by atoms with Gasteiger partial charge in [-0.2, -0.15) is 0 Å². The van der Waals surface area contributed by atoms with Gasteiger partial charge in [0.2, 0.25) is 5.12 Å². The maximum Gasteiger partial charge on any atom is 0.279 e. The van der Waals surface area contributed by atoms with Crippen molar-refractivity contribution in [3.8, 4) is 0 Å². The zero-order valence-electron chi connectivity index (χ0n) is 15.1. The van der Waals surface area contributed by atoms with Gasteiger partial charge in [-0.15, -0.1) is 0 Å². The first-order valence-corrected chi connectivity index (χ1v) is 9.28. The third kappa shape index (κ3) is 4.00. The molecule has 1 aromatic heterocycles. The number of alkyl halides is 1. The van der Waals surface area contributed by atoms with Gasteiger partial charge in [0.05, 0.1) is 18.8 Å². The first-order chi connectivity index (χ1) is 12.3. The second kappa shape index (κ2) is 7.50. The maximum absolute atomic E-state index is 13.1. The first kappa shape index (κ1) is 19.1. The molecule has 2 amide bonds. The number of rotatable bonds is 5. The van der Waals surface area contributed by atoms with E-state index in [1.807, 2.05) is 13.8 Å². The van der Waals surface area contributed by atoms with Crippen LogP contribution in [0.5, 0.6) is 0 Å². The summed E-state index contributed by atoms with van der Waals surface area (Å²) in [5, 5.41) is 3.95. The number of halogens is 1. The molecule has 2 fully saturated rings. The molecule has 8 heteroatoms. The summed E-state index contributed by atoms with van der Waals surface area (Å²) in [6, 6.07) is 3.19. The molecular weight excluding hydrogens is 356 g/mol. The van der Waals surface area contributed by atoms with Crippen LogP contribution in [0.25, 0.3) is 0 Å². The van der Waals surface area contributed by atoms with Crippen molar-refractivity contribution in [2.24, 2.45) is 5.41 Å². The number of nitrogens with zero attached hydrogens (tertiary/aromatic N) is 2. The van der Waals surface area contributed by atoms with E-state index in [2.05, 4.69) is 15.6 Å². The lowest BCUT2D eigenvalue weighted by Crippen LogP contribution is -2.67. The fourth-order valence-corrected chi connectivity index (χ4v) is 3.78. The quantitative estimate of drug-likeness (QED) is 0.457. The van der Waals surface area contributed by atoms with Crippen molar-refractivity contribution in [3.63, 3.8) is 0 Å². The summed E-state index contributed by atoms with van der Waals surface area (Å²) in [5.41, 5.74) is 0.566. The van der Waals surface area contributed by atoms with Crippen molar-refractivity contribution >= 4 is 23.4 Å². The zero-order valence-corrected chi connectivity index (χ0v) is 15.9. The second-order valence-corrected chi connectivity index (χ2v) is 8.01. The molecule has 2 saturated heterocycles. The standard InChI is InChI=1S/C18H25ClN4O3/c1-13(2)21-18(19,22-15(24)14-4-3-7-20-10-14)16(25)23-8-5-17(6-9-23)11-26-12-17/h3-4,7,10,13,21H,5-6,8-9,11-12H2,1-2H3,(H,22,24). The van der Waals surface area contributed by atoms with Gasteiger partial charge in [-0.05, 0) is 38.8 Å². The van der Waals surface area contributed by atoms with Crippen molar-refractivity contribution < 1.29 is 14.3 Å². The number of pyridine rings is 1. The zero-order chi connectivity index (χ0) is 18.8. The molecular formula is C18H25ClN4O3. The average Bonchev–Trinajstić information content (AvgIpc) is 2.60. The van der Waals surface area contributed by atoms with E-state index in [0.29, 0.717) is 18.7 Å². The molecule has 3 heterocycles. The number of hydrogen-bond acceptors (Lipinski definition) is 5. The fourth-order valence-electron chi connectivity index (χ4n) is 3.36. The van der Waals surface area contributed by atoms with E-state index in [1.54, 1.807) is 23.2 Å². The van der Waals surface area contributed by atoms with Crippen molar-refractivity contribution in [1.29, 1.82) is 0 Å². The fraction of sp³-hybridized carbons (Fsp3) is 0.611. The normalized spacial score (nSPS) is 21.2. The van der Waals surface area contributed by atoms with E-state index in [4.69, 9.17) is 16.3 Å². The van der Waals surface area contributed by atoms with Crippen molar-refractivity contribution in [3.05, 3.63) is 30.1 Å². The largest absolute Gasteiger partial charge is 0.380 e. The highest BCUT2D eigenvalue weighted by Crippen LogP contribution is 2.38. The van der Waals surface area contributed by atoms with E-state index in [9.17, 15) is 9.59 Å². The van der Waals surface area contributed by atoms with Crippen LogP contribution in [0.4, 0.5) is 0 Å². The Morgan fingerprint density at radius 2 is 2.04 bits per heavy atom. The average molecular weight is 381 g/mol. The molecule has 3 rings (SSSR count). The van der Waals surface area contributed by atoms with Gasteiger partial charge >= 0.3 is 0 Å². The monoisotopic (exact) mass is 380 g/mol. The van der Waals surface area contributed by atoms with Crippen LogP contribution in [-0.2, 0) is 9.53 Å². The summed E-state index contributed by atoms with van der Waals surface area (Å²) in [6.07, 6.45) is 4.80. The number of ether oxygens (including phenoxy) is 1. The molecule has 0 bridgehead atoms. The van der Waals surface area contributed by atoms with Crippen LogP contribution in [0.3, 0.4) is 0 Å². The van der Waals surface area contributed by atoms with Gasteiger partial charge < -0.3 is 15.0 Å². The second-order valence-electron chi connectivity index (χ2n) is 7.44. The summed E-state index contributed by atoms with van der Waals surface area (Å²) >= 11 is 6.60. The number of nitrogens with one attached hydrogen (secondary N) is 2. The van der Waals surface area contributed by atoms with Gasteiger partial charge in [-0.1, -0.05) is 11.6 Å². The van der Waals surface area contributed by atoms with Crippen LogP contribution >= 0.6 is 11.6 Å². The van der Waals surface area contributed by atoms with Crippen molar-refractivity contribution in [1.82, 2.24) is 20.5 Å². The van der Waals surface area contributed by atoms with Crippen LogP contribution in [0, 0.1) is 5.41 Å². The maximum atomic E-state index is 13.1. The highest BCUT2D eigenvalue weighted by Gasteiger charge is 2.46. The molecule has 142 valence electrons. The van der Waals surface area contributed by atoms with Crippen LogP contribution in [-0.4, -0.2) is 59.2 Å². The summed E-state index contributed by atoms with van der Waals surface area (Å²) in [7, 11) is 0. The molecule has 1 spiro atoms. The lowest BCUT2D eigenvalue weighted by molar-refractivity contribution is -0.156. The lowest BCUT2D eigenvalue weighted by atomic mass is 9.77. The van der Waals surface area contributed by atoms with Crippen molar-refractivity contribution in [2.45, 2.75) is 37.9 Å². The Balaban J connectivity index is 1.71. The SMILES string of the molecule is CC(C)NC(Cl)(NC(=O)c1cccnc1)C(=O)N1CCC2(CC1)COC2. The Hall–Kier alpha value is -1.70. The number of amides is 2. The van der Waals surface area contributed by atoms with Crippen molar-refractivity contribution in [2.75, 3.05) is 26.3 Å². The molecule has 2 N–H and O–H groups in total. The molecule has 0 saturated carbocycles. The number of hydrogen-bond donors (Lipinski definition) is 2. The Morgan fingerprint density at radius 3 is 2.54 bits per heavy atom. The van der Waals surface area contributed by atoms with Crippen LogP contribution < -0.4 is 10.6 Å². The van der Waals surface area contributed by atoms with E-state index in [-0.39, 0.29) is 17.4 Å². The van der Waals surface area contributed by atoms with Crippen LogP contribution in [0.2, 0.25) is 0 Å². The smallest absolute Gasteiger partial charge is 0.279 e. The van der Waals surface area contributed by atoms with Crippen LogP contribution in [0.15, 0.2) is 24.5 Å². The minimum atomic E-state index is -1.69. The summed E-state index contributed by atoms with van der Waals surface area (Å²) in [4.78, 5) is 31.3. The lowest BCUT2D eigenvalue weighted by Gasteiger charge is -2.48. The first-order valence-electron chi connectivity index (χ1n) is 8.90. The van der Waals surface area contributed by atoms with E-state index in [1.165, 1.54) is 6.20 Å². The van der Waals surface area contributed by atoms with E-state index >= 15 is 0 Å². The summed E-state index contributed by atoms with van der Waals surface area (Å²) in [6.45, 7) is 6.50. The molecule has 1 aromatic rings. The highest BCUT2D eigenvalue weighted by molar-refractivity contribution is 6.35. The third-order valence-electron chi connectivity index (χ3n) is 4.92. The number of piperidine rings is 1. The summed E-state index contributed by atoms with van der Waals surface area (Å²) < 4.78 is 5.33. The topological polar surface area (TPSA) is 83.6 Å². The molecule has 2 aliphatic rings. The Labute approximate surface area is 158 Å². The van der Waals surface area contributed by atoms with Gasteiger partial charge in [0.1, 0.15) is 0 Å². The molecule has 7 nitrogen and oxygen atoms in total. The molecule has 0 aromatic carbocycles. The van der Waals surface area contributed by atoms with E-state index in [0.717, 1.165) is 26.1 Å². The molecule has 1 unspecified atom stereocenters. The molecule has 1 atom stereocenters. The predicted molar refractivity (Wildman–Crippen MR) is 97.6 cm³/mol. The Bertz CT molecular complexity index is 656. The third-order valence-corrected chi connectivity index (χ3v) is 5.28. The Kier molecular flexibility index (Phi) is 5.50. The highest BCUT2D eigenvalue weighted by atomic mass is 35.5. The number of carbonyl (C=O) groups excluding carboxylic acids is 2. The number of aromatic nitrogens is 1. The van der Waals surface area contributed by atoms with Gasteiger partial charge in [0, 0.05) is 36.9 Å².